The molecule has 0 unspecified atom stereocenters. The minimum Gasteiger partial charge on any atom is -0.480 e. The molecule has 0 aliphatic heterocycles. The lowest BCUT2D eigenvalue weighted by Crippen LogP contribution is -2.37. The summed E-state index contributed by atoms with van der Waals surface area (Å²) in [6.45, 7) is -0.0839. The molecule has 0 atom stereocenters. The molecule has 2 rings (SSSR count). The Bertz CT molecular complexity index is 577. The second-order valence-electron chi connectivity index (χ2n) is 5.00. The first-order valence-electron chi connectivity index (χ1n) is 6.49. The molecule has 7 heteroatoms. The summed E-state index contributed by atoms with van der Waals surface area (Å²) in [5, 5.41) is 14.1. The number of carboxylic acid groups (broad SMARTS) is 1. The molecule has 0 radical (unpaired) electrons. The number of carboxylic acids is 1. The van der Waals surface area contributed by atoms with Gasteiger partial charge >= 0.3 is 5.97 Å². The molecule has 0 amide bonds. The molecule has 0 saturated heterocycles. The number of aliphatic carboxylic acids is 1. The normalized spacial score (nSPS) is 16.2. The number of sulfonamides is 1. The molecule has 1 aliphatic carbocycles. The zero-order valence-corrected chi connectivity index (χ0v) is 11.8. The SMILES string of the molecule is NS(=O)(=O)c1ccc(N(CC(=O)O)C2CCCC2)cc1. The summed E-state index contributed by atoms with van der Waals surface area (Å²) in [7, 11) is -3.72. The van der Waals surface area contributed by atoms with Crippen LogP contribution in [-0.2, 0) is 14.8 Å². The van der Waals surface area contributed by atoms with Crippen LogP contribution in [0.2, 0.25) is 0 Å². The monoisotopic (exact) mass is 298 g/mol. The molecule has 1 saturated carbocycles. The first kappa shape index (κ1) is 14.8. The number of hydrogen-bond donors (Lipinski definition) is 2. The van der Waals surface area contributed by atoms with E-state index in [2.05, 4.69) is 0 Å². The molecule has 0 aromatic heterocycles. The molecule has 0 bridgehead atoms. The molecule has 3 N–H and O–H groups in total. The third kappa shape index (κ3) is 3.49. The largest absolute Gasteiger partial charge is 0.480 e. The van der Waals surface area contributed by atoms with E-state index in [1.807, 2.05) is 4.90 Å². The predicted molar refractivity (Wildman–Crippen MR) is 75.1 cm³/mol. The molecule has 1 fully saturated rings. The fourth-order valence-corrected chi connectivity index (χ4v) is 3.14. The smallest absolute Gasteiger partial charge is 0.323 e. The van der Waals surface area contributed by atoms with Crippen molar-refractivity contribution in [3.05, 3.63) is 24.3 Å². The molecule has 6 nitrogen and oxygen atoms in total. The summed E-state index contributed by atoms with van der Waals surface area (Å²) >= 11 is 0. The van der Waals surface area contributed by atoms with Gasteiger partial charge in [0.2, 0.25) is 10.0 Å². The van der Waals surface area contributed by atoms with Gasteiger partial charge in [0, 0.05) is 11.7 Å². The Hall–Kier alpha value is -1.60. The Kier molecular flexibility index (Phi) is 4.29. The number of carbonyl (C=O) groups is 1. The summed E-state index contributed by atoms with van der Waals surface area (Å²) in [4.78, 5) is 12.9. The summed E-state index contributed by atoms with van der Waals surface area (Å²) < 4.78 is 22.4. The third-order valence-corrected chi connectivity index (χ3v) is 4.50. The first-order valence-corrected chi connectivity index (χ1v) is 8.04. The van der Waals surface area contributed by atoms with Crippen LogP contribution in [0.1, 0.15) is 25.7 Å². The van der Waals surface area contributed by atoms with E-state index in [1.54, 1.807) is 12.1 Å². The van der Waals surface area contributed by atoms with Gasteiger partial charge in [-0.15, -0.1) is 0 Å². The van der Waals surface area contributed by atoms with E-state index in [0.717, 1.165) is 25.7 Å². The van der Waals surface area contributed by atoms with Crippen LogP contribution in [-0.4, -0.2) is 32.1 Å². The minimum absolute atomic E-state index is 0.0305. The zero-order chi connectivity index (χ0) is 14.8. The van der Waals surface area contributed by atoms with Gasteiger partial charge in [-0.1, -0.05) is 12.8 Å². The number of nitrogens with two attached hydrogens (primary N) is 1. The van der Waals surface area contributed by atoms with Gasteiger partial charge in [-0.25, -0.2) is 13.6 Å². The van der Waals surface area contributed by atoms with Gasteiger partial charge in [-0.2, -0.15) is 0 Å². The summed E-state index contributed by atoms with van der Waals surface area (Å²) in [5.41, 5.74) is 0.715. The maximum Gasteiger partial charge on any atom is 0.323 e. The van der Waals surface area contributed by atoms with Crippen molar-refractivity contribution in [2.75, 3.05) is 11.4 Å². The van der Waals surface area contributed by atoms with Crippen LogP contribution in [0.15, 0.2) is 29.2 Å². The summed E-state index contributed by atoms with van der Waals surface area (Å²) in [6.07, 6.45) is 4.11. The maximum absolute atomic E-state index is 11.2. The minimum atomic E-state index is -3.72. The second kappa shape index (κ2) is 5.80. The lowest BCUT2D eigenvalue weighted by molar-refractivity contribution is -0.135. The Morgan fingerprint density at radius 1 is 1.25 bits per heavy atom. The lowest BCUT2D eigenvalue weighted by atomic mass is 10.1. The third-order valence-electron chi connectivity index (χ3n) is 3.57. The fourth-order valence-electron chi connectivity index (χ4n) is 2.62. The predicted octanol–water partition coefficient (Wildman–Crippen LogP) is 1.17. The van der Waals surface area contributed by atoms with Gasteiger partial charge < -0.3 is 10.0 Å². The molecule has 0 spiro atoms. The quantitative estimate of drug-likeness (QED) is 0.849. The standard InChI is InChI=1S/C13H18N2O4S/c14-20(18,19)12-7-5-11(6-8-12)15(9-13(16)17)10-3-1-2-4-10/h5-8,10H,1-4,9H2,(H,16,17)(H2,14,18,19). The average molecular weight is 298 g/mol. The van der Waals surface area contributed by atoms with Crippen molar-refractivity contribution in [1.82, 2.24) is 0 Å². The zero-order valence-electron chi connectivity index (χ0n) is 11.0. The van der Waals surface area contributed by atoms with Crippen LogP contribution in [0.3, 0.4) is 0 Å². The van der Waals surface area contributed by atoms with Crippen molar-refractivity contribution in [2.24, 2.45) is 5.14 Å². The fraction of sp³-hybridized carbons (Fsp3) is 0.462. The van der Waals surface area contributed by atoms with Gasteiger partial charge in [0.15, 0.2) is 0 Å². The van der Waals surface area contributed by atoms with Gasteiger partial charge in [-0.3, -0.25) is 4.79 Å². The van der Waals surface area contributed by atoms with E-state index in [-0.39, 0.29) is 17.5 Å². The molecule has 0 heterocycles. The van der Waals surface area contributed by atoms with Crippen LogP contribution >= 0.6 is 0 Å². The molecule has 1 aromatic rings. The van der Waals surface area contributed by atoms with E-state index >= 15 is 0 Å². The Labute approximate surface area is 118 Å². The highest BCUT2D eigenvalue weighted by Gasteiger charge is 2.24. The van der Waals surface area contributed by atoms with Crippen molar-refractivity contribution < 1.29 is 18.3 Å². The Balaban J connectivity index is 2.26. The Morgan fingerprint density at radius 2 is 1.80 bits per heavy atom. The van der Waals surface area contributed by atoms with Crippen LogP contribution < -0.4 is 10.0 Å². The first-order chi connectivity index (χ1) is 9.38. The Morgan fingerprint density at radius 3 is 2.25 bits per heavy atom. The van der Waals surface area contributed by atoms with Crippen molar-refractivity contribution in [3.8, 4) is 0 Å². The van der Waals surface area contributed by atoms with Crippen LogP contribution in [0.4, 0.5) is 5.69 Å². The van der Waals surface area contributed by atoms with Gasteiger partial charge in [-0.05, 0) is 37.1 Å². The molecule has 1 aliphatic rings. The van der Waals surface area contributed by atoms with Gasteiger partial charge in [0.05, 0.1) is 4.90 Å². The van der Waals surface area contributed by atoms with Crippen molar-refractivity contribution >= 4 is 21.7 Å². The maximum atomic E-state index is 11.2. The highest BCUT2D eigenvalue weighted by atomic mass is 32.2. The van der Waals surface area contributed by atoms with E-state index < -0.39 is 16.0 Å². The number of rotatable bonds is 5. The molecular weight excluding hydrogens is 280 g/mol. The summed E-state index contributed by atoms with van der Waals surface area (Å²) in [6, 6.07) is 6.25. The number of anilines is 1. The second-order valence-corrected chi connectivity index (χ2v) is 6.56. The highest BCUT2D eigenvalue weighted by Crippen LogP contribution is 2.28. The number of benzene rings is 1. The van der Waals surface area contributed by atoms with E-state index in [1.165, 1.54) is 12.1 Å². The van der Waals surface area contributed by atoms with E-state index in [4.69, 9.17) is 10.2 Å². The molecule has 110 valence electrons. The van der Waals surface area contributed by atoms with Crippen molar-refractivity contribution in [1.29, 1.82) is 0 Å². The van der Waals surface area contributed by atoms with Crippen LogP contribution in [0.5, 0.6) is 0 Å². The highest BCUT2D eigenvalue weighted by molar-refractivity contribution is 7.89. The number of hydrogen-bond acceptors (Lipinski definition) is 4. The molecule has 20 heavy (non-hydrogen) atoms. The van der Waals surface area contributed by atoms with Crippen molar-refractivity contribution in [2.45, 2.75) is 36.6 Å². The van der Waals surface area contributed by atoms with Gasteiger partial charge in [0.1, 0.15) is 6.54 Å². The molecule has 1 aromatic carbocycles. The average Bonchev–Trinajstić information content (AvgIpc) is 2.88. The summed E-state index contributed by atoms with van der Waals surface area (Å²) in [5.74, 6) is -0.896. The topological polar surface area (TPSA) is 101 Å². The number of nitrogens with zero attached hydrogens (tertiary/aromatic N) is 1. The van der Waals surface area contributed by atoms with E-state index in [9.17, 15) is 13.2 Å². The van der Waals surface area contributed by atoms with Crippen LogP contribution in [0, 0.1) is 0 Å². The van der Waals surface area contributed by atoms with Gasteiger partial charge in [0.25, 0.3) is 0 Å². The van der Waals surface area contributed by atoms with Crippen molar-refractivity contribution in [3.63, 3.8) is 0 Å². The van der Waals surface area contributed by atoms with Crippen LogP contribution in [0.25, 0.3) is 0 Å². The van der Waals surface area contributed by atoms with E-state index in [0.29, 0.717) is 5.69 Å². The molecular formula is C13H18N2O4S. The number of primary sulfonamides is 1. The lowest BCUT2D eigenvalue weighted by Gasteiger charge is -2.29.